The van der Waals surface area contributed by atoms with Crippen molar-refractivity contribution < 1.29 is 18.6 Å². The van der Waals surface area contributed by atoms with Crippen LogP contribution >= 0.6 is 8.53 Å². The first kappa shape index (κ1) is 32.4. The quantitative estimate of drug-likeness (QED) is 0.138. The molecule has 3 fully saturated rings. The third-order valence-electron chi connectivity index (χ3n) is 10.3. The van der Waals surface area contributed by atoms with Crippen LogP contribution in [0.1, 0.15) is 49.2 Å². The lowest BCUT2D eigenvalue weighted by Crippen LogP contribution is -2.58. The number of amides is 1. The molecule has 5 aromatic rings. The summed E-state index contributed by atoms with van der Waals surface area (Å²) in [5.41, 5.74) is 1.67. The molecule has 0 spiro atoms. The number of benzene rings is 3. The van der Waals surface area contributed by atoms with Gasteiger partial charge in [0, 0.05) is 24.6 Å². The third-order valence-corrected chi connectivity index (χ3v) is 16.6. The zero-order chi connectivity index (χ0) is 33.4. The number of nitrogens with zero attached hydrogens (tertiary/aromatic N) is 5. The highest BCUT2D eigenvalue weighted by Gasteiger charge is 2.51. The topological polar surface area (TPSA) is 104 Å². The van der Waals surface area contributed by atoms with Crippen molar-refractivity contribution in [3.05, 3.63) is 109 Å². The van der Waals surface area contributed by atoms with Crippen LogP contribution in [0.4, 0.5) is 5.82 Å². The van der Waals surface area contributed by atoms with Crippen molar-refractivity contribution in [1.29, 1.82) is 0 Å². The average molecular weight is 693 g/mol. The molecule has 3 aliphatic rings. The van der Waals surface area contributed by atoms with E-state index in [4.69, 9.17) is 13.8 Å². The molecule has 10 nitrogen and oxygen atoms in total. The Balaban J connectivity index is 0.997. The Kier molecular flexibility index (Phi) is 9.13. The Bertz CT molecular complexity index is 1860. The lowest BCUT2D eigenvalue weighted by atomic mass is 10.1. The molecule has 49 heavy (non-hydrogen) atoms. The highest BCUT2D eigenvalue weighted by Crippen LogP contribution is 2.59. The minimum Gasteiger partial charge on any atom is -0.352 e. The van der Waals surface area contributed by atoms with Gasteiger partial charge in [0.15, 0.2) is 17.0 Å². The zero-order valence-corrected chi connectivity index (χ0v) is 29.7. The number of nitrogens with one attached hydrogen (secondary N) is 1. The van der Waals surface area contributed by atoms with Gasteiger partial charge in [-0.25, -0.2) is 19.6 Å². The molecular formula is C37H41N6O4PSi. The van der Waals surface area contributed by atoms with Crippen molar-refractivity contribution >= 4 is 49.9 Å². The number of hydrogen-bond acceptors (Lipinski definition) is 8. The van der Waals surface area contributed by atoms with Crippen LogP contribution in [0.25, 0.3) is 11.2 Å². The minimum atomic E-state index is -2.10. The number of rotatable bonds is 10. The van der Waals surface area contributed by atoms with E-state index in [0.717, 1.165) is 31.9 Å². The van der Waals surface area contributed by atoms with Crippen LogP contribution < -0.4 is 15.7 Å². The van der Waals surface area contributed by atoms with Crippen LogP contribution in [-0.4, -0.2) is 69.1 Å². The third kappa shape index (κ3) is 6.24. The van der Waals surface area contributed by atoms with Gasteiger partial charge >= 0.3 is 0 Å². The van der Waals surface area contributed by atoms with Crippen LogP contribution in [0, 0.1) is 0 Å². The molecule has 0 radical (unpaired) electrons. The highest BCUT2D eigenvalue weighted by atomic mass is 31.2. The van der Waals surface area contributed by atoms with E-state index in [0.29, 0.717) is 35.0 Å². The van der Waals surface area contributed by atoms with Crippen LogP contribution in [0.15, 0.2) is 104 Å². The van der Waals surface area contributed by atoms with E-state index in [1.165, 1.54) is 16.7 Å². The second kappa shape index (κ2) is 13.8. The maximum absolute atomic E-state index is 12.9. The lowest BCUT2D eigenvalue weighted by molar-refractivity contribution is -0.0152. The van der Waals surface area contributed by atoms with Crippen LogP contribution in [0.3, 0.4) is 0 Å². The molecule has 6 atom stereocenters. The molecule has 3 aromatic carbocycles. The highest BCUT2D eigenvalue weighted by molar-refractivity contribution is 7.45. The van der Waals surface area contributed by atoms with Crippen molar-refractivity contribution in [1.82, 2.24) is 24.2 Å². The smallest absolute Gasteiger partial charge is 0.259 e. The Hall–Kier alpha value is -3.83. The predicted octanol–water partition coefficient (Wildman–Crippen LogP) is 6.14. The number of hydrogen-bond donors (Lipinski definition) is 1. The van der Waals surface area contributed by atoms with Gasteiger partial charge in [0.1, 0.15) is 20.6 Å². The molecule has 1 amide bonds. The molecule has 252 valence electrons. The van der Waals surface area contributed by atoms with Crippen LogP contribution in [0.2, 0.25) is 12.6 Å². The van der Waals surface area contributed by atoms with E-state index >= 15 is 0 Å². The second-order valence-corrected chi connectivity index (χ2v) is 18.9. The summed E-state index contributed by atoms with van der Waals surface area (Å²) in [4.78, 5) is 26.3. The maximum Gasteiger partial charge on any atom is 0.259 e. The summed E-state index contributed by atoms with van der Waals surface area (Å²) in [6, 6.07) is 32.5. The first-order valence-corrected chi connectivity index (χ1v) is 21.1. The van der Waals surface area contributed by atoms with Crippen molar-refractivity contribution in [2.24, 2.45) is 0 Å². The van der Waals surface area contributed by atoms with E-state index in [9.17, 15) is 4.79 Å². The summed E-state index contributed by atoms with van der Waals surface area (Å²) in [5.74, 6) is 0.116. The van der Waals surface area contributed by atoms with Gasteiger partial charge in [0.05, 0.1) is 24.6 Å². The van der Waals surface area contributed by atoms with E-state index in [1.54, 1.807) is 18.5 Å². The zero-order valence-electron chi connectivity index (χ0n) is 27.8. The number of fused-ring (bicyclic) bond motifs is 2. The standard InChI is InChI=1S/C37H41N6O4PSi/c1-3-30-31(22-33(45-30)42-25-40-34-35(38-24-39-36(34)42)41-37(44)26-14-7-4-8-15-26)46-48-43-21-13-20-29(43)32(47-48)23-49(2,27-16-9-5-10-17-27)28-18-11-6-12-19-28/h4-12,14-19,24-25,29-33H,3,13,20-23H2,1-2H3,(H,38,39,41,44)/t29-,30-,31?,32+,33-,48-/m1/s1. The van der Waals surface area contributed by atoms with E-state index < -0.39 is 16.6 Å². The fourth-order valence-electron chi connectivity index (χ4n) is 7.66. The van der Waals surface area contributed by atoms with Crippen molar-refractivity contribution in [3.63, 3.8) is 0 Å². The van der Waals surface area contributed by atoms with Gasteiger partial charge in [0.2, 0.25) is 0 Å². The summed E-state index contributed by atoms with van der Waals surface area (Å²) < 4.78 is 25.0. The van der Waals surface area contributed by atoms with Crippen LogP contribution in [0.5, 0.6) is 0 Å². The first-order valence-electron chi connectivity index (χ1n) is 17.2. The molecule has 5 heterocycles. The van der Waals surface area contributed by atoms with Gasteiger partial charge in [-0.3, -0.25) is 9.36 Å². The molecule has 0 saturated carbocycles. The van der Waals surface area contributed by atoms with Gasteiger partial charge in [-0.05, 0) is 37.4 Å². The number of carbonyl (C=O) groups excluding carboxylic acids is 1. The fraction of sp³-hybridized carbons (Fsp3) is 0.351. The van der Waals surface area contributed by atoms with Gasteiger partial charge in [0.25, 0.3) is 14.4 Å². The molecule has 0 bridgehead atoms. The predicted molar refractivity (Wildman–Crippen MR) is 194 cm³/mol. The lowest BCUT2D eigenvalue weighted by Gasteiger charge is -2.32. The Morgan fingerprint density at radius 3 is 2.35 bits per heavy atom. The van der Waals surface area contributed by atoms with E-state index in [2.05, 4.69) is 99.1 Å². The Morgan fingerprint density at radius 2 is 1.65 bits per heavy atom. The average Bonchev–Trinajstić information content (AvgIpc) is 3.95. The maximum atomic E-state index is 12.9. The first-order chi connectivity index (χ1) is 24.0. The van der Waals surface area contributed by atoms with Gasteiger partial charge in [-0.15, -0.1) is 0 Å². The van der Waals surface area contributed by atoms with Crippen molar-refractivity contribution in [2.45, 2.75) is 75.8 Å². The molecule has 12 heteroatoms. The Morgan fingerprint density at radius 1 is 0.959 bits per heavy atom. The normalized spacial score (nSPS) is 25.5. The number of carbonyl (C=O) groups is 1. The number of aromatic nitrogens is 4. The Labute approximate surface area is 288 Å². The van der Waals surface area contributed by atoms with Gasteiger partial charge < -0.3 is 19.1 Å². The SMILES string of the molecule is CC[C@H]1O[C@@H](n2cnc3c(NC(=O)c4ccccc4)ncnc32)CC1O[P@]1O[C@@H](C[Si](C)(c2ccccc2)c2ccccc2)[C@H]2CCCN21. The molecular weight excluding hydrogens is 652 g/mol. The largest absolute Gasteiger partial charge is 0.352 e. The monoisotopic (exact) mass is 692 g/mol. The number of ether oxygens (including phenoxy) is 1. The summed E-state index contributed by atoms with van der Waals surface area (Å²) >= 11 is 0. The van der Waals surface area contributed by atoms with Crippen molar-refractivity contribution in [2.75, 3.05) is 11.9 Å². The molecule has 1 unspecified atom stereocenters. The molecule has 3 saturated heterocycles. The van der Waals surface area contributed by atoms with Gasteiger partial charge in [-0.1, -0.05) is 103 Å². The summed E-state index contributed by atoms with van der Waals surface area (Å²) in [7, 11) is -3.33. The molecule has 3 aliphatic heterocycles. The molecule has 8 rings (SSSR count). The summed E-state index contributed by atoms with van der Waals surface area (Å²) in [6.07, 6.45) is 6.48. The fourth-order valence-corrected chi connectivity index (χ4v) is 13.6. The van der Waals surface area contributed by atoms with Gasteiger partial charge in [-0.2, -0.15) is 0 Å². The second-order valence-electron chi connectivity index (χ2n) is 13.3. The molecule has 0 aliphatic carbocycles. The molecule has 1 N–H and O–H groups in total. The minimum absolute atomic E-state index is 0.0963. The van der Waals surface area contributed by atoms with Crippen molar-refractivity contribution in [3.8, 4) is 0 Å². The summed E-state index contributed by atoms with van der Waals surface area (Å²) in [5, 5.41) is 5.76. The molecule has 2 aromatic heterocycles. The van der Waals surface area contributed by atoms with E-state index in [1.807, 2.05) is 22.8 Å². The number of imidazole rings is 1. The summed E-state index contributed by atoms with van der Waals surface area (Å²) in [6.45, 7) is 5.62. The van der Waals surface area contributed by atoms with Crippen LogP contribution in [-0.2, 0) is 13.8 Å². The number of anilines is 1. The van der Waals surface area contributed by atoms with E-state index in [-0.39, 0.29) is 30.4 Å².